The van der Waals surface area contributed by atoms with Crippen LogP contribution in [0.5, 0.6) is 0 Å². The first-order chi connectivity index (χ1) is 7.45. The number of aryl methyl sites for hydroxylation is 1. The largest absolute Gasteiger partial charge is 0.448 e. The Bertz CT molecular complexity index is 502. The zero-order chi connectivity index (χ0) is 12.2. The van der Waals surface area contributed by atoms with Crippen molar-refractivity contribution < 1.29 is 13.7 Å². The molecule has 1 aromatic rings. The Kier molecular flexibility index (Phi) is 4.06. The highest BCUT2D eigenvalue weighted by Crippen LogP contribution is 2.13. The van der Waals surface area contributed by atoms with Gasteiger partial charge in [0, 0.05) is 11.2 Å². The van der Waals surface area contributed by atoms with Gasteiger partial charge < -0.3 is 4.74 Å². The number of nitrogens with zero attached hydrogens (tertiary/aromatic N) is 1. The predicted molar refractivity (Wildman–Crippen MR) is 63.0 cm³/mol. The van der Waals surface area contributed by atoms with E-state index in [1.807, 2.05) is 13.0 Å². The van der Waals surface area contributed by atoms with Gasteiger partial charge >= 0.3 is 6.09 Å². The molecule has 0 aliphatic heterocycles. The van der Waals surface area contributed by atoms with Crippen LogP contribution in [-0.4, -0.2) is 23.2 Å². The number of hydrogen-bond donors (Lipinski definition) is 0. The number of amides is 1. The molecule has 0 bridgehead atoms. The molecule has 0 aliphatic rings. The molecule has 4 nitrogen and oxygen atoms in total. The molecule has 0 spiro atoms. The first-order valence-electron chi connectivity index (χ1n) is 4.91. The maximum Gasteiger partial charge on any atom is 0.442 e. The number of ether oxygens (including phenoxy) is 1. The summed E-state index contributed by atoms with van der Waals surface area (Å²) < 4.78 is 20.4. The van der Waals surface area contributed by atoms with Crippen molar-refractivity contribution in [1.82, 2.24) is 0 Å². The molecule has 0 aromatic heterocycles. The molecule has 0 N–H and O–H groups in total. The quantitative estimate of drug-likeness (QED) is 0.799. The zero-order valence-electron chi connectivity index (χ0n) is 9.60. The number of carbonyl (C=O) groups excluding carboxylic acids is 1. The summed E-state index contributed by atoms with van der Waals surface area (Å²) in [5, 5.41) is 0. The van der Waals surface area contributed by atoms with Crippen molar-refractivity contribution in [3.8, 4) is 0 Å². The van der Waals surface area contributed by atoms with Gasteiger partial charge in [-0.1, -0.05) is 12.1 Å². The van der Waals surface area contributed by atoms with Gasteiger partial charge in [-0.2, -0.15) is 0 Å². The average Bonchev–Trinajstić information content (AvgIpc) is 2.17. The van der Waals surface area contributed by atoms with Crippen LogP contribution >= 0.6 is 0 Å². The van der Waals surface area contributed by atoms with Crippen molar-refractivity contribution in [3.05, 3.63) is 29.8 Å². The van der Waals surface area contributed by atoms with Gasteiger partial charge in [0.2, 0.25) is 0 Å². The van der Waals surface area contributed by atoms with E-state index in [-0.39, 0.29) is 6.61 Å². The van der Waals surface area contributed by atoms with Crippen LogP contribution in [0.2, 0.25) is 0 Å². The normalized spacial score (nSPS) is 13.9. The van der Waals surface area contributed by atoms with Crippen molar-refractivity contribution in [1.29, 1.82) is 0 Å². The minimum absolute atomic E-state index is 0.228. The molecular weight excluding hydrogens is 226 g/mol. The highest BCUT2D eigenvalue weighted by Gasteiger charge is 2.09. The second-order valence-electron chi connectivity index (χ2n) is 3.41. The molecule has 5 heteroatoms. The molecule has 0 saturated carbocycles. The lowest BCUT2D eigenvalue weighted by Crippen LogP contribution is -2.05. The monoisotopic (exact) mass is 241 g/mol. The molecule has 0 aliphatic carbocycles. The summed E-state index contributed by atoms with van der Waals surface area (Å²) in [6.07, 6.45) is 0.648. The predicted octanol–water partition coefficient (Wildman–Crippen LogP) is 2.61. The fraction of sp³-hybridized carbons (Fsp3) is 0.364. The van der Waals surface area contributed by atoms with Crippen molar-refractivity contribution in [2.24, 2.45) is 4.36 Å². The van der Waals surface area contributed by atoms with Crippen LogP contribution in [0.3, 0.4) is 0 Å². The summed E-state index contributed by atoms with van der Waals surface area (Å²) >= 11 is 0. The number of rotatable bonds is 2. The maximum absolute atomic E-state index is 12.2. The van der Waals surface area contributed by atoms with E-state index in [0.717, 1.165) is 5.56 Å². The van der Waals surface area contributed by atoms with Crippen molar-refractivity contribution in [3.63, 3.8) is 0 Å². The van der Waals surface area contributed by atoms with E-state index in [0.29, 0.717) is 4.90 Å². The second-order valence-corrected chi connectivity index (χ2v) is 5.67. The molecule has 0 heterocycles. The van der Waals surface area contributed by atoms with E-state index < -0.39 is 15.8 Å². The molecule has 0 radical (unpaired) electrons. The van der Waals surface area contributed by atoms with E-state index in [9.17, 15) is 9.00 Å². The SMILES string of the molecule is CCOC(=O)N=S(C)(=O)c1cccc(C)c1. The maximum atomic E-state index is 12.2. The zero-order valence-corrected chi connectivity index (χ0v) is 10.4. The lowest BCUT2D eigenvalue weighted by Gasteiger charge is -2.04. The summed E-state index contributed by atoms with van der Waals surface area (Å²) in [5.41, 5.74) is 0.978. The minimum Gasteiger partial charge on any atom is -0.448 e. The van der Waals surface area contributed by atoms with Crippen LogP contribution in [0.15, 0.2) is 33.5 Å². The lowest BCUT2D eigenvalue weighted by molar-refractivity contribution is 0.164. The van der Waals surface area contributed by atoms with Crippen molar-refractivity contribution in [2.45, 2.75) is 18.7 Å². The molecule has 0 fully saturated rings. The van der Waals surface area contributed by atoms with E-state index in [1.165, 1.54) is 6.26 Å². The molecule has 1 atom stereocenters. The summed E-state index contributed by atoms with van der Waals surface area (Å²) in [6, 6.07) is 7.13. The van der Waals surface area contributed by atoms with Crippen LogP contribution in [-0.2, 0) is 14.5 Å². The summed E-state index contributed by atoms with van der Waals surface area (Å²) in [7, 11) is -2.70. The van der Waals surface area contributed by atoms with Crippen LogP contribution in [0.1, 0.15) is 12.5 Å². The van der Waals surface area contributed by atoms with Gasteiger partial charge in [0.1, 0.15) is 0 Å². The van der Waals surface area contributed by atoms with Gasteiger partial charge in [-0.3, -0.25) is 0 Å². The lowest BCUT2D eigenvalue weighted by atomic mass is 10.2. The standard InChI is InChI=1S/C11H15NO3S/c1-4-15-11(13)12-16(3,14)10-7-5-6-9(2)8-10/h5-8H,4H2,1-3H3. The van der Waals surface area contributed by atoms with Crippen LogP contribution in [0.25, 0.3) is 0 Å². The molecule has 1 unspecified atom stereocenters. The Morgan fingerprint density at radius 1 is 1.50 bits per heavy atom. The smallest absolute Gasteiger partial charge is 0.442 e. The summed E-state index contributed by atoms with van der Waals surface area (Å²) in [6.45, 7) is 3.80. The average molecular weight is 241 g/mol. The second kappa shape index (κ2) is 5.12. The van der Waals surface area contributed by atoms with Crippen LogP contribution in [0, 0.1) is 6.92 Å². The topological polar surface area (TPSA) is 55.7 Å². The number of benzene rings is 1. The minimum atomic E-state index is -2.70. The van der Waals surface area contributed by atoms with Gasteiger partial charge in [-0.05, 0) is 31.5 Å². The first kappa shape index (κ1) is 12.7. The molecular formula is C11H15NO3S. The third-order valence-corrected chi connectivity index (χ3v) is 3.57. The summed E-state index contributed by atoms with van der Waals surface area (Å²) in [5.74, 6) is 0. The highest BCUT2D eigenvalue weighted by molar-refractivity contribution is 7.93. The molecule has 16 heavy (non-hydrogen) atoms. The van der Waals surface area contributed by atoms with Crippen LogP contribution in [0.4, 0.5) is 4.79 Å². The van der Waals surface area contributed by atoms with Gasteiger partial charge in [0.15, 0.2) is 0 Å². The van der Waals surface area contributed by atoms with Gasteiger partial charge in [-0.15, -0.1) is 4.36 Å². The number of carbonyl (C=O) groups is 1. The molecule has 1 rings (SSSR count). The Balaban J connectivity index is 3.11. The highest BCUT2D eigenvalue weighted by atomic mass is 32.2. The van der Waals surface area contributed by atoms with E-state index in [1.54, 1.807) is 25.1 Å². The Morgan fingerprint density at radius 3 is 2.75 bits per heavy atom. The molecule has 1 amide bonds. The molecule has 0 saturated heterocycles. The Morgan fingerprint density at radius 2 is 2.19 bits per heavy atom. The fourth-order valence-corrected chi connectivity index (χ4v) is 2.37. The first-order valence-corrected chi connectivity index (χ1v) is 6.83. The van der Waals surface area contributed by atoms with Crippen molar-refractivity contribution >= 4 is 15.8 Å². The number of hydrogen-bond acceptors (Lipinski definition) is 3. The third-order valence-electron chi connectivity index (χ3n) is 1.94. The van der Waals surface area contributed by atoms with Gasteiger partial charge in [-0.25, -0.2) is 9.00 Å². The van der Waals surface area contributed by atoms with Gasteiger partial charge in [0.25, 0.3) is 0 Å². The van der Waals surface area contributed by atoms with Crippen molar-refractivity contribution in [2.75, 3.05) is 12.9 Å². The third kappa shape index (κ3) is 3.34. The van der Waals surface area contributed by atoms with E-state index in [4.69, 9.17) is 0 Å². The summed E-state index contributed by atoms with van der Waals surface area (Å²) in [4.78, 5) is 11.7. The van der Waals surface area contributed by atoms with Crippen LogP contribution < -0.4 is 0 Å². The molecule has 1 aromatic carbocycles. The Hall–Kier alpha value is -1.36. The van der Waals surface area contributed by atoms with E-state index in [2.05, 4.69) is 9.10 Å². The molecule has 88 valence electrons. The fourth-order valence-electron chi connectivity index (χ4n) is 1.20. The van der Waals surface area contributed by atoms with Gasteiger partial charge in [0.05, 0.1) is 16.3 Å². The Labute approximate surface area is 95.8 Å². The van der Waals surface area contributed by atoms with E-state index >= 15 is 0 Å².